The first-order chi connectivity index (χ1) is 14.5. The van der Waals surface area contributed by atoms with Crippen molar-refractivity contribution in [2.24, 2.45) is 0 Å². The summed E-state index contributed by atoms with van der Waals surface area (Å²) in [6.07, 6.45) is 1.33. The minimum atomic E-state index is -0.531. The Morgan fingerprint density at radius 3 is 2.47 bits per heavy atom. The Kier molecular flexibility index (Phi) is 5.67. The van der Waals surface area contributed by atoms with Crippen molar-refractivity contribution in [2.75, 3.05) is 6.61 Å². The summed E-state index contributed by atoms with van der Waals surface area (Å²) in [5.41, 5.74) is 3.28. The van der Waals surface area contributed by atoms with E-state index >= 15 is 0 Å². The van der Waals surface area contributed by atoms with E-state index in [0.717, 1.165) is 22.4 Å². The Morgan fingerprint density at radius 1 is 1.17 bits per heavy atom. The van der Waals surface area contributed by atoms with E-state index in [9.17, 15) is 10.1 Å². The largest absolute Gasteiger partial charge is 0.491 e. The van der Waals surface area contributed by atoms with Crippen LogP contribution in [0.5, 0.6) is 11.8 Å². The summed E-state index contributed by atoms with van der Waals surface area (Å²) in [6, 6.07) is 16.5. The van der Waals surface area contributed by atoms with Crippen molar-refractivity contribution in [3.05, 3.63) is 70.4 Å². The molecule has 0 aliphatic carbocycles. The highest BCUT2D eigenvalue weighted by molar-refractivity contribution is 5.64. The third-order valence-corrected chi connectivity index (χ3v) is 4.71. The zero-order valence-corrected chi connectivity index (χ0v) is 16.9. The molecule has 0 fully saturated rings. The van der Waals surface area contributed by atoms with Gasteiger partial charge in [0.1, 0.15) is 24.7 Å². The van der Waals surface area contributed by atoms with Gasteiger partial charge in [-0.1, -0.05) is 36.4 Å². The number of nitro groups is 1. The number of nitrogens with zero attached hydrogens (tertiary/aromatic N) is 3. The molecule has 0 N–H and O–H groups in total. The summed E-state index contributed by atoms with van der Waals surface area (Å²) in [4.78, 5) is 14.1. The van der Waals surface area contributed by atoms with Crippen molar-refractivity contribution in [1.29, 1.82) is 0 Å². The molecule has 8 heteroatoms. The number of fused-ring (bicyclic) bond motifs is 1. The van der Waals surface area contributed by atoms with E-state index < -0.39 is 4.92 Å². The standard InChI is InChI=1S/C22H23N3O5/c1-15(2)30-19-9-7-18(8-10-19)17-5-3-16(4-6-17)13-28-20-11-24-12-21(25(26)27)23-22(24)29-14-20/h3-10,12,15,20H,11,13-14H2,1-2H3/t20-/m0/s1. The lowest BCUT2D eigenvalue weighted by Crippen LogP contribution is -2.32. The Balaban J connectivity index is 1.33. The molecule has 156 valence electrons. The molecule has 0 unspecified atom stereocenters. The van der Waals surface area contributed by atoms with Crippen LogP contribution in [0.15, 0.2) is 54.7 Å². The molecular weight excluding hydrogens is 386 g/mol. The first-order valence-corrected chi connectivity index (χ1v) is 9.80. The van der Waals surface area contributed by atoms with Crippen LogP contribution in [0.3, 0.4) is 0 Å². The zero-order chi connectivity index (χ0) is 21.1. The van der Waals surface area contributed by atoms with Crippen LogP contribution in [-0.2, 0) is 17.9 Å². The van der Waals surface area contributed by atoms with Crippen molar-refractivity contribution in [3.63, 3.8) is 0 Å². The molecule has 1 aliphatic heterocycles. The molecule has 0 spiro atoms. The van der Waals surface area contributed by atoms with E-state index in [0.29, 0.717) is 19.8 Å². The van der Waals surface area contributed by atoms with Gasteiger partial charge in [0.15, 0.2) is 0 Å². The summed E-state index contributed by atoms with van der Waals surface area (Å²) in [5.74, 6) is 0.643. The molecule has 2 heterocycles. The van der Waals surface area contributed by atoms with Crippen molar-refractivity contribution < 1.29 is 19.1 Å². The number of ether oxygens (including phenoxy) is 3. The minimum Gasteiger partial charge on any atom is -0.491 e. The molecule has 30 heavy (non-hydrogen) atoms. The normalized spacial score (nSPS) is 15.5. The van der Waals surface area contributed by atoms with Crippen LogP contribution in [0.25, 0.3) is 11.1 Å². The molecular formula is C22H23N3O5. The smallest absolute Gasteiger partial charge is 0.414 e. The van der Waals surface area contributed by atoms with Gasteiger partial charge in [-0.3, -0.25) is 4.57 Å². The Bertz CT molecular complexity index is 1010. The summed E-state index contributed by atoms with van der Waals surface area (Å²) in [7, 11) is 0. The van der Waals surface area contributed by atoms with Crippen molar-refractivity contribution in [3.8, 4) is 22.9 Å². The molecule has 1 aliphatic rings. The molecule has 0 amide bonds. The number of imidazole rings is 1. The summed E-state index contributed by atoms with van der Waals surface area (Å²) < 4.78 is 18.7. The first kappa shape index (κ1) is 19.9. The van der Waals surface area contributed by atoms with Gasteiger partial charge < -0.3 is 24.3 Å². The Labute approximate surface area is 174 Å². The Hall–Kier alpha value is -3.39. The van der Waals surface area contributed by atoms with Crippen LogP contribution in [0.1, 0.15) is 19.4 Å². The second-order valence-corrected chi connectivity index (χ2v) is 7.42. The van der Waals surface area contributed by atoms with Crippen molar-refractivity contribution in [1.82, 2.24) is 9.55 Å². The molecule has 0 saturated heterocycles. The molecule has 0 radical (unpaired) electrons. The second-order valence-electron chi connectivity index (χ2n) is 7.42. The first-order valence-electron chi connectivity index (χ1n) is 9.80. The van der Waals surface area contributed by atoms with Crippen molar-refractivity contribution >= 4 is 5.82 Å². The van der Waals surface area contributed by atoms with Crippen molar-refractivity contribution in [2.45, 2.75) is 39.2 Å². The van der Waals surface area contributed by atoms with Gasteiger partial charge in [0.2, 0.25) is 0 Å². The van der Waals surface area contributed by atoms with Crippen LogP contribution in [0.2, 0.25) is 0 Å². The lowest BCUT2D eigenvalue weighted by Gasteiger charge is -2.22. The molecule has 1 atom stereocenters. The zero-order valence-electron chi connectivity index (χ0n) is 16.9. The van der Waals surface area contributed by atoms with E-state index in [1.165, 1.54) is 6.20 Å². The molecule has 0 bridgehead atoms. The number of aromatic nitrogens is 2. The maximum Gasteiger partial charge on any atom is 0.414 e. The number of benzene rings is 2. The fourth-order valence-electron chi connectivity index (χ4n) is 3.27. The molecule has 2 aromatic carbocycles. The predicted molar refractivity (Wildman–Crippen MR) is 111 cm³/mol. The van der Waals surface area contributed by atoms with Gasteiger partial charge in [-0.25, -0.2) is 0 Å². The van der Waals surface area contributed by atoms with Gasteiger partial charge in [-0.2, -0.15) is 0 Å². The third-order valence-electron chi connectivity index (χ3n) is 4.71. The Morgan fingerprint density at radius 2 is 1.83 bits per heavy atom. The average molecular weight is 409 g/mol. The van der Waals surface area contributed by atoms with Gasteiger partial charge in [0.05, 0.1) is 19.3 Å². The number of hydrogen-bond acceptors (Lipinski definition) is 6. The van der Waals surface area contributed by atoms with Gasteiger partial charge >= 0.3 is 11.8 Å². The lowest BCUT2D eigenvalue weighted by molar-refractivity contribution is -0.389. The van der Waals surface area contributed by atoms with Gasteiger partial charge in [0.25, 0.3) is 0 Å². The number of rotatable bonds is 7. The van der Waals surface area contributed by atoms with Crippen LogP contribution in [0, 0.1) is 10.1 Å². The van der Waals surface area contributed by atoms with E-state index in [1.807, 2.05) is 50.2 Å². The molecule has 8 nitrogen and oxygen atoms in total. The quantitative estimate of drug-likeness (QED) is 0.429. The highest BCUT2D eigenvalue weighted by Crippen LogP contribution is 2.25. The predicted octanol–water partition coefficient (Wildman–Crippen LogP) is 4.22. The molecule has 1 aromatic heterocycles. The average Bonchev–Trinajstić information content (AvgIpc) is 3.17. The highest BCUT2D eigenvalue weighted by Gasteiger charge is 2.28. The fourth-order valence-corrected chi connectivity index (χ4v) is 3.27. The van der Waals surface area contributed by atoms with Crippen LogP contribution in [0.4, 0.5) is 5.82 Å². The van der Waals surface area contributed by atoms with Crippen LogP contribution < -0.4 is 9.47 Å². The molecule has 3 aromatic rings. The summed E-state index contributed by atoms with van der Waals surface area (Å²) in [6.45, 7) is 5.23. The maximum absolute atomic E-state index is 10.8. The SMILES string of the molecule is CC(C)Oc1ccc(-c2ccc(CO[C@@H]3COc4nc([N+](=O)[O-])cn4C3)cc2)cc1. The second kappa shape index (κ2) is 8.54. The lowest BCUT2D eigenvalue weighted by atomic mass is 10.0. The minimum absolute atomic E-state index is 0.153. The summed E-state index contributed by atoms with van der Waals surface area (Å²) in [5, 5.41) is 10.8. The highest BCUT2D eigenvalue weighted by atomic mass is 16.6. The number of hydrogen-bond donors (Lipinski definition) is 0. The van der Waals surface area contributed by atoms with Crippen LogP contribution >= 0.6 is 0 Å². The topological polar surface area (TPSA) is 88.7 Å². The van der Waals surface area contributed by atoms with Gasteiger partial charge in [0, 0.05) is 4.98 Å². The van der Waals surface area contributed by atoms with E-state index in [1.54, 1.807) is 4.57 Å². The van der Waals surface area contributed by atoms with E-state index in [4.69, 9.17) is 14.2 Å². The van der Waals surface area contributed by atoms with Crippen LogP contribution in [-0.4, -0.2) is 33.3 Å². The summed E-state index contributed by atoms with van der Waals surface area (Å²) >= 11 is 0. The monoisotopic (exact) mass is 409 g/mol. The van der Waals surface area contributed by atoms with Gasteiger partial charge in [-0.15, -0.1) is 0 Å². The molecule has 0 saturated carbocycles. The fraction of sp³-hybridized carbons (Fsp3) is 0.318. The van der Waals surface area contributed by atoms with Gasteiger partial charge in [-0.05, 0) is 47.6 Å². The van der Waals surface area contributed by atoms with E-state index in [-0.39, 0.29) is 24.0 Å². The van der Waals surface area contributed by atoms with E-state index in [2.05, 4.69) is 17.1 Å². The maximum atomic E-state index is 10.8. The molecule has 4 rings (SSSR count). The third kappa shape index (κ3) is 4.60.